The summed E-state index contributed by atoms with van der Waals surface area (Å²) >= 11 is 0. The van der Waals surface area contributed by atoms with Crippen molar-refractivity contribution in [2.45, 2.75) is 13.1 Å². The summed E-state index contributed by atoms with van der Waals surface area (Å²) in [5.41, 5.74) is 0.693. The van der Waals surface area contributed by atoms with Gasteiger partial charge in [0.25, 0.3) is 5.56 Å². The number of halogens is 1. The molecule has 5 heteroatoms. The second-order valence-corrected chi connectivity index (χ2v) is 4.36. The van der Waals surface area contributed by atoms with Crippen LogP contribution in [-0.4, -0.2) is 18.2 Å². The molecule has 0 aliphatic rings. The van der Waals surface area contributed by atoms with Crippen molar-refractivity contribution in [3.8, 4) is 5.75 Å². The summed E-state index contributed by atoms with van der Waals surface area (Å²) in [6.45, 7) is 1.33. The first-order valence-electron chi connectivity index (χ1n) is 6.42. The molecule has 0 fully saturated rings. The number of aromatic nitrogens is 1. The highest BCUT2D eigenvalue weighted by atomic mass is 19.1. The van der Waals surface area contributed by atoms with E-state index >= 15 is 0 Å². The maximum absolute atomic E-state index is 13.2. The van der Waals surface area contributed by atoms with E-state index in [0.29, 0.717) is 25.4 Å². The van der Waals surface area contributed by atoms with Gasteiger partial charge in [-0.15, -0.1) is 0 Å². The van der Waals surface area contributed by atoms with Crippen LogP contribution in [0, 0.1) is 5.82 Å². The van der Waals surface area contributed by atoms with Crippen LogP contribution in [0.15, 0.2) is 47.4 Å². The number of pyridine rings is 1. The summed E-state index contributed by atoms with van der Waals surface area (Å²) in [5, 5.41) is 2.97. The van der Waals surface area contributed by atoms with Gasteiger partial charge in [0.05, 0.1) is 6.54 Å². The summed E-state index contributed by atoms with van der Waals surface area (Å²) in [7, 11) is 1.79. The normalized spacial score (nSPS) is 10.5. The molecule has 0 aliphatic carbocycles. The molecule has 1 heterocycles. The summed E-state index contributed by atoms with van der Waals surface area (Å²) in [6.07, 6.45) is 1.71. The summed E-state index contributed by atoms with van der Waals surface area (Å²) in [6, 6.07) is 9.42. The number of nitrogens with one attached hydrogen (secondary N) is 1. The van der Waals surface area contributed by atoms with E-state index in [2.05, 4.69) is 5.32 Å². The number of rotatable bonds is 6. The molecule has 0 radical (unpaired) electrons. The molecule has 1 aromatic carbocycles. The lowest BCUT2D eigenvalue weighted by Crippen LogP contribution is -2.21. The zero-order chi connectivity index (χ0) is 14.4. The number of hydrogen-bond acceptors (Lipinski definition) is 3. The Kier molecular flexibility index (Phi) is 4.90. The van der Waals surface area contributed by atoms with Crippen LogP contribution in [0.1, 0.15) is 5.56 Å². The first-order chi connectivity index (χ1) is 9.70. The van der Waals surface area contributed by atoms with Crippen LogP contribution < -0.4 is 15.6 Å². The second kappa shape index (κ2) is 6.86. The van der Waals surface area contributed by atoms with Crippen LogP contribution >= 0.6 is 0 Å². The van der Waals surface area contributed by atoms with Crippen molar-refractivity contribution in [3.63, 3.8) is 0 Å². The minimum atomic E-state index is -0.290. The van der Waals surface area contributed by atoms with E-state index in [4.69, 9.17) is 4.74 Å². The third-order valence-corrected chi connectivity index (χ3v) is 2.88. The Morgan fingerprint density at radius 1 is 1.30 bits per heavy atom. The minimum absolute atomic E-state index is 0.0642. The van der Waals surface area contributed by atoms with Gasteiger partial charge < -0.3 is 14.6 Å². The number of benzene rings is 1. The van der Waals surface area contributed by atoms with E-state index in [1.54, 1.807) is 36.0 Å². The monoisotopic (exact) mass is 276 g/mol. The van der Waals surface area contributed by atoms with E-state index in [1.165, 1.54) is 18.2 Å². The molecule has 1 aromatic heterocycles. The van der Waals surface area contributed by atoms with E-state index in [1.807, 2.05) is 0 Å². The highest BCUT2D eigenvalue weighted by molar-refractivity contribution is 5.33. The molecule has 106 valence electrons. The maximum atomic E-state index is 13.2. The van der Waals surface area contributed by atoms with Gasteiger partial charge in [-0.05, 0) is 31.3 Å². The fourth-order valence-electron chi connectivity index (χ4n) is 1.92. The average Bonchev–Trinajstić information content (AvgIpc) is 2.43. The quantitative estimate of drug-likeness (QED) is 0.874. The lowest BCUT2D eigenvalue weighted by atomic mass is 10.2. The maximum Gasteiger partial charge on any atom is 0.250 e. The molecule has 2 rings (SSSR count). The van der Waals surface area contributed by atoms with Gasteiger partial charge in [-0.25, -0.2) is 4.39 Å². The fraction of sp³-hybridized carbons (Fsp3) is 0.267. The standard InChI is InChI=1S/C15H17FN2O2/c1-17-11-12-10-13(16)5-6-14(12)20-9-8-18-7-3-2-4-15(18)19/h2-7,10,17H,8-9,11H2,1H3. The smallest absolute Gasteiger partial charge is 0.250 e. The largest absolute Gasteiger partial charge is 0.491 e. The molecule has 0 atom stereocenters. The van der Waals surface area contributed by atoms with Crippen molar-refractivity contribution < 1.29 is 9.13 Å². The number of ether oxygens (including phenoxy) is 1. The molecule has 0 bridgehead atoms. The van der Waals surface area contributed by atoms with Crippen molar-refractivity contribution in [1.82, 2.24) is 9.88 Å². The number of nitrogens with zero attached hydrogens (tertiary/aromatic N) is 1. The second-order valence-electron chi connectivity index (χ2n) is 4.36. The Hall–Kier alpha value is -2.14. The van der Waals surface area contributed by atoms with Gasteiger partial charge in [0.1, 0.15) is 18.2 Å². The SMILES string of the molecule is CNCc1cc(F)ccc1OCCn1ccccc1=O. The molecule has 0 unspecified atom stereocenters. The Morgan fingerprint density at radius 2 is 2.15 bits per heavy atom. The first-order valence-corrected chi connectivity index (χ1v) is 6.42. The van der Waals surface area contributed by atoms with Crippen LogP contribution in [-0.2, 0) is 13.1 Å². The van der Waals surface area contributed by atoms with Gasteiger partial charge in [0, 0.05) is 24.4 Å². The minimum Gasteiger partial charge on any atom is -0.491 e. The third-order valence-electron chi connectivity index (χ3n) is 2.88. The molecule has 2 aromatic rings. The highest BCUT2D eigenvalue weighted by Gasteiger charge is 2.05. The van der Waals surface area contributed by atoms with E-state index < -0.39 is 0 Å². The lowest BCUT2D eigenvalue weighted by molar-refractivity contribution is 0.292. The van der Waals surface area contributed by atoms with Crippen LogP contribution in [0.4, 0.5) is 4.39 Å². The van der Waals surface area contributed by atoms with Gasteiger partial charge in [-0.2, -0.15) is 0 Å². The topological polar surface area (TPSA) is 43.3 Å². The Bertz CT molecular complexity index is 625. The van der Waals surface area contributed by atoms with E-state index in [9.17, 15) is 9.18 Å². The molecule has 0 saturated carbocycles. The van der Waals surface area contributed by atoms with Crippen molar-refractivity contribution in [2.75, 3.05) is 13.7 Å². The molecular formula is C15H17FN2O2. The molecule has 0 amide bonds. The third kappa shape index (κ3) is 3.68. The highest BCUT2D eigenvalue weighted by Crippen LogP contribution is 2.19. The molecule has 0 spiro atoms. The van der Waals surface area contributed by atoms with E-state index in [-0.39, 0.29) is 11.4 Å². The van der Waals surface area contributed by atoms with Gasteiger partial charge >= 0.3 is 0 Å². The van der Waals surface area contributed by atoms with Gasteiger partial charge in [0.15, 0.2) is 0 Å². The zero-order valence-corrected chi connectivity index (χ0v) is 11.3. The summed E-state index contributed by atoms with van der Waals surface area (Å²) in [5.74, 6) is 0.339. The first kappa shape index (κ1) is 14.3. The van der Waals surface area contributed by atoms with Crippen LogP contribution in [0.3, 0.4) is 0 Å². The predicted octanol–water partition coefficient (Wildman–Crippen LogP) is 1.79. The Labute approximate surface area is 116 Å². The van der Waals surface area contributed by atoms with Crippen molar-refractivity contribution in [3.05, 3.63) is 64.3 Å². The average molecular weight is 276 g/mol. The fourth-order valence-corrected chi connectivity index (χ4v) is 1.92. The van der Waals surface area contributed by atoms with Gasteiger partial charge in [0.2, 0.25) is 0 Å². The van der Waals surface area contributed by atoms with Gasteiger partial charge in [-0.3, -0.25) is 4.79 Å². The molecule has 1 N–H and O–H groups in total. The van der Waals surface area contributed by atoms with Crippen LogP contribution in [0.25, 0.3) is 0 Å². The van der Waals surface area contributed by atoms with Crippen LogP contribution in [0.5, 0.6) is 5.75 Å². The van der Waals surface area contributed by atoms with Crippen molar-refractivity contribution in [2.24, 2.45) is 0 Å². The van der Waals surface area contributed by atoms with Gasteiger partial charge in [-0.1, -0.05) is 6.07 Å². The van der Waals surface area contributed by atoms with E-state index in [0.717, 1.165) is 5.56 Å². The predicted molar refractivity (Wildman–Crippen MR) is 75.4 cm³/mol. The molecular weight excluding hydrogens is 259 g/mol. The van der Waals surface area contributed by atoms with Crippen molar-refractivity contribution in [1.29, 1.82) is 0 Å². The molecule has 0 saturated heterocycles. The van der Waals surface area contributed by atoms with Crippen molar-refractivity contribution >= 4 is 0 Å². The molecule has 20 heavy (non-hydrogen) atoms. The van der Waals surface area contributed by atoms with Crippen LogP contribution in [0.2, 0.25) is 0 Å². The Morgan fingerprint density at radius 3 is 2.90 bits per heavy atom. The Balaban J connectivity index is 2.01. The lowest BCUT2D eigenvalue weighted by Gasteiger charge is -2.12. The zero-order valence-electron chi connectivity index (χ0n) is 11.3. The molecule has 4 nitrogen and oxygen atoms in total. The summed E-state index contributed by atoms with van der Waals surface area (Å²) < 4.78 is 20.4. The summed E-state index contributed by atoms with van der Waals surface area (Å²) in [4.78, 5) is 11.5. The molecule has 0 aliphatic heterocycles. The number of hydrogen-bond donors (Lipinski definition) is 1.